The van der Waals surface area contributed by atoms with Gasteiger partial charge in [0.2, 0.25) is 11.3 Å². The summed E-state index contributed by atoms with van der Waals surface area (Å²) in [4.78, 5) is 29.6. The number of hydrogen-bond acceptors (Lipinski definition) is 7. The fourth-order valence-corrected chi connectivity index (χ4v) is 2.03. The van der Waals surface area contributed by atoms with E-state index in [2.05, 4.69) is 9.89 Å². The average molecular weight is 323 g/mol. The van der Waals surface area contributed by atoms with Crippen molar-refractivity contribution in [1.82, 2.24) is 0 Å². The Morgan fingerprint density at radius 2 is 2.00 bits per heavy atom. The second-order valence-electron chi connectivity index (χ2n) is 6.35. The van der Waals surface area contributed by atoms with Crippen LogP contribution in [0.3, 0.4) is 0 Å². The Hall–Kier alpha value is -2.31. The molecule has 1 fully saturated rings. The fraction of sp³-hybridized carbons (Fsp3) is 0.562. The van der Waals surface area contributed by atoms with E-state index in [0.717, 1.165) is 6.42 Å². The van der Waals surface area contributed by atoms with Gasteiger partial charge in [-0.1, -0.05) is 5.16 Å². The molecule has 1 aliphatic rings. The third-order valence-electron chi connectivity index (χ3n) is 3.38. The van der Waals surface area contributed by atoms with Gasteiger partial charge in [0.1, 0.15) is 5.60 Å². The van der Waals surface area contributed by atoms with Gasteiger partial charge >= 0.3 is 11.9 Å². The minimum Gasteiger partial charge on any atom is -0.464 e. The molecule has 0 bridgehead atoms. The second-order valence-corrected chi connectivity index (χ2v) is 6.35. The molecule has 0 aliphatic heterocycles. The summed E-state index contributed by atoms with van der Waals surface area (Å²) in [6, 6.07) is 3.17. The van der Waals surface area contributed by atoms with Crippen LogP contribution >= 0.6 is 0 Å². The number of furan rings is 1. The smallest absolute Gasteiger partial charge is 0.364 e. The number of esters is 2. The van der Waals surface area contributed by atoms with Gasteiger partial charge in [-0.25, -0.2) is 9.59 Å². The Morgan fingerprint density at radius 3 is 2.43 bits per heavy atom. The molecule has 0 radical (unpaired) electrons. The van der Waals surface area contributed by atoms with Crippen molar-refractivity contribution in [2.75, 3.05) is 7.11 Å². The van der Waals surface area contributed by atoms with E-state index < -0.39 is 23.1 Å². The van der Waals surface area contributed by atoms with Crippen molar-refractivity contribution >= 4 is 17.7 Å². The van der Waals surface area contributed by atoms with Gasteiger partial charge in [-0.05, 0) is 39.3 Å². The van der Waals surface area contributed by atoms with E-state index in [4.69, 9.17) is 14.0 Å². The number of carbonyl (C=O) groups is 2. The first-order chi connectivity index (χ1) is 10.8. The molecule has 0 aromatic carbocycles. The van der Waals surface area contributed by atoms with E-state index in [1.807, 2.05) is 0 Å². The molecule has 0 N–H and O–H groups in total. The van der Waals surface area contributed by atoms with Crippen LogP contribution in [0.4, 0.5) is 0 Å². The number of ether oxygens (including phenoxy) is 2. The third kappa shape index (κ3) is 3.91. The maximum atomic E-state index is 12.3. The van der Waals surface area contributed by atoms with E-state index in [1.54, 1.807) is 32.9 Å². The standard InChI is InChI=1S/C16H21NO6/c1-15(2,3)22-14(19)16(8-6-9-16)23-17-12(13(18)20-4)11-7-5-10-21-11/h5,7,10H,6,8-9H2,1-4H3. The summed E-state index contributed by atoms with van der Waals surface area (Å²) in [5, 5.41) is 3.83. The predicted octanol–water partition coefficient (Wildman–Crippen LogP) is 2.44. The number of carbonyl (C=O) groups excluding carboxylic acids is 2. The van der Waals surface area contributed by atoms with Crippen LogP contribution in [0.5, 0.6) is 0 Å². The summed E-state index contributed by atoms with van der Waals surface area (Å²) in [5.41, 5.74) is -1.91. The summed E-state index contributed by atoms with van der Waals surface area (Å²) in [5.74, 6) is -0.988. The van der Waals surface area contributed by atoms with Crippen molar-refractivity contribution in [2.45, 2.75) is 51.2 Å². The molecule has 0 atom stereocenters. The molecule has 7 heteroatoms. The first-order valence-electron chi connectivity index (χ1n) is 7.39. The second kappa shape index (κ2) is 6.44. The van der Waals surface area contributed by atoms with Gasteiger partial charge in [-0.2, -0.15) is 0 Å². The molecule has 1 aromatic heterocycles. The van der Waals surface area contributed by atoms with Crippen molar-refractivity contribution < 1.29 is 28.3 Å². The zero-order valence-electron chi connectivity index (χ0n) is 13.8. The van der Waals surface area contributed by atoms with E-state index in [9.17, 15) is 9.59 Å². The van der Waals surface area contributed by atoms with E-state index in [1.165, 1.54) is 13.4 Å². The number of oxime groups is 1. The fourth-order valence-electron chi connectivity index (χ4n) is 2.03. The van der Waals surface area contributed by atoms with Crippen LogP contribution in [0.25, 0.3) is 0 Å². The summed E-state index contributed by atoms with van der Waals surface area (Å²) in [6.07, 6.45) is 3.19. The lowest BCUT2D eigenvalue weighted by molar-refractivity contribution is -0.196. The van der Waals surface area contributed by atoms with E-state index in [-0.39, 0.29) is 11.5 Å². The van der Waals surface area contributed by atoms with Gasteiger partial charge in [0.25, 0.3) is 0 Å². The van der Waals surface area contributed by atoms with E-state index >= 15 is 0 Å². The maximum Gasteiger partial charge on any atom is 0.364 e. The molecule has 1 aromatic rings. The minimum absolute atomic E-state index is 0.132. The summed E-state index contributed by atoms with van der Waals surface area (Å²) in [7, 11) is 1.23. The monoisotopic (exact) mass is 323 g/mol. The molecule has 1 aliphatic carbocycles. The van der Waals surface area contributed by atoms with Crippen LogP contribution < -0.4 is 0 Å². The quantitative estimate of drug-likeness (QED) is 0.470. The molecular formula is C16H21NO6. The molecule has 1 saturated carbocycles. The molecule has 0 spiro atoms. The van der Waals surface area contributed by atoms with Crippen LogP contribution in [-0.2, 0) is 23.9 Å². The van der Waals surface area contributed by atoms with Gasteiger partial charge in [0, 0.05) is 12.8 Å². The molecule has 23 heavy (non-hydrogen) atoms. The molecular weight excluding hydrogens is 302 g/mol. The van der Waals surface area contributed by atoms with E-state index in [0.29, 0.717) is 12.8 Å². The lowest BCUT2D eigenvalue weighted by Gasteiger charge is -2.38. The molecule has 1 heterocycles. The Kier molecular flexibility index (Phi) is 4.77. The molecule has 7 nitrogen and oxygen atoms in total. The lowest BCUT2D eigenvalue weighted by atomic mass is 9.80. The topological polar surface area (TPSA) is 87.3 Å². The zero-order chi connectivity index (χ0) is 17.1. The highest BCUT2D eigenvalue weighted by atomic mass is 16.7. The number of methoxy groups -OCH3 is 1. The van der Waals surface area contributed by atoms with Crippen molar-refractivity contribution in [1.29, 1.82) is 0 Å². The largest absolute Gasteiger partial charge is 0.464 e. The van der Waals surface area contributed by atoms with Crippen LogP contribution in [0.1, 0.15) is 45.8 Å². The predicted molar refractivity (Wildman–Crippen MR) is 80.8 cm³/mol. The highest BCUT2D eigenvalue weighted by molar-refractivity contribution is 6.42. The lowest BCUT2D eigenvalue weighted by Crippen LogP contribution is -2.50. The summed E-state index contributed by atoms with van der Waals surface area (Å²) >= 11 is 0. The Morgan fingerprint density at radius 1 is 1.30 bits per heavy atom. The Balaban J connectivity index is 2.19. The van der Waals surface area contributed by atoms with Crippen molar-refractivity contribution in [3.8, 4) is 0 Å². The van der Waals surface area contributed by atoms with Gasteiger partial charge in [-0.3, -0.25) is 0 Å². The normalized spacial score (nSPS) is 17.1. The molecule has 126 valence electrons. The van der Waals surface area contributed by atoms with Gasteiger partial charge in [0.05, 0.1) is 13.4 Å². The molecule has 0 saturated heterocycles. The van der Waals surface area contributed by atoms with Crippen LogP contribution in [0, 0.1) is 0 Å². The third-order valence-corrected chi connectivity index (χ3v) is 3.38. The Labute approximate surface area is 134 Å². The highest BCUT2D eigenvalue weighted by Crippen LogP contribution is 2.38. The van der Waals surface area contributed by atoms with Crippen molar-refractivity contribution in [3.63, 3.8) is 0 Å². The summed E-state index contributed by atoms with van der Waals surface area (Å²) in [6.45, 7) is 5.34. The maximum absolute atomic E-state index is 12.3. The molecule has 0 unspecified atom stereocenters. The average Bonchev–Trinajstić information content (AvgIpc) is 2.92. The van der Waals surface area contributed by atoms with Crippen LogP contribution in [0.15, 0.2) is 28.0 Å². The first kappa shape index (κ1) is 17.1. The van der Waals surface area contributed by atoms with Crippen molar-refractivity contribution in [3.05, 3.63) is 24.2 Å². The highest BCUT2D eigenvalue weighted by Gasteiger charge is 2.50. The molecule has 2 rings (SSSR count). The number of hydrogen-bond donors (Lipinski definition) is 0. The first-order valence-corrected chi connectivity index (χ1v) is 7.39. The van der Waals surface area contributed by atoms with Crippen LogP contribution in [0.2, 0.25) is 0 Å². The number of rotatable bonds is 5. The van der Waals surface area contributed by atoms with Crippen LogP contribution in [-0.4, -0.2) is 36.0 Å². The van der Waals surface area contributed by atoms with Gasteiger partial charge in [0.15, 0.2) is 5.76 Å². The van der Waals surface area contributed by atoms with Gasteiger partial charge < -0.3 is 18.7 Å². The minimum atomic E-state index is -1.15. The summed E-state index contributed by atoms with van der Waals surface area (Å²) < 4.78 is 15.2. The Bertz CT molecular complexity index is 593. The number of nitrogens with zero attached hydrogens (tertiary/aromatic N) is 1. The SMILES string of the molecule is COC(=O)C(=NOC1(C(=O)OC(C)(C)C)CCC1)c1ccco1. The molecule has 0 amide bonds. The van der Waals surface area contributed by atoms with Crippen molar-refractivity contribution in [2.24, 2.45) is 5.16 Å². The zero-order valence-corrected chi connectivity index (χ0v) is 13.8. The van der Waals surface area contributed by atoms with Gasteiger partial charge in [-0.15, -0.1) is 0 Å².